The van der Waals surface area contributed by atoms with Crippen molar-refractivity contribution in [1.82, 2.24) is 0 Å². The minimum absolute atomic E-state index is 0.117. The maximum absolute atomic E-state index is 11.8. The van der Waals surface area contributed by atoms with Crippen LogP contribution < -0.4 is 0 Å². The average Bonchev–Trinajstić information content (AvgIpc) is 2.36. The highest BCUT2D eigenvalue weighted by Crippen LogP contribution is 2.17. The second kappa shape index (κ2) is 4.16. The van der Waals surface area contributed by atoms with Gasteiger partial charge in [0.1, 0.15) is 5.92 Å². The van der Waals surface area contributed by atoms with Crippen LogP contribution in [-0.2, 0) is 0 Å². The van der Waals surface area contributed by atoms with Gasteiger partial charge in [0.25, 0.3) is 0 Å². The van der Waals surface area contributed by atoms with Gasteiger partial charge < -0.3 is 0 Å². The zero-order valence-electron chi connectivity index (χ0n) is 8.97. The number of Topliss-reactive ketones (excluding diaryl/α,β-unsaturated/α-hetero) is 1. The van der Waals surface area contributed by atoms with Gasteiger partial charge in [0.15, 0.2) is 5.78 Å². The first-order chi connectivity index (χ1) is 7.72. The monoisotopic (exact) mass is 209 g/mol. The Morgan fingerprint density at radius 1 is 1.19 bits per heavy atom. The van der Waals surface area contributed by atoms with Gasteiger partial charge in [-0.3, -0.25) is 4.79 Å². The van der Waals surface area contributed by atoms with Crippen molar-refractivity contribution in [2.45, 2.75) is 6.92 Å². The SMILES string of the molecule is CC(C#N)C(=O)c1ccc2ccccc2c1. The maximum atomic E-state index is 11.8. The first-order valence-corrected chi connectivity index (χ1v) is 5.15. The maximum Gasteiger partial charge on any atom is 0.179 e. The quantitative estimate of drug-likeness (QED) is 0.713. The van der Waals surface area contributed by atoms with Crippen LogP contribution in [0.3, 0.4) is 0 Å². The molecule has 0 aliphatic carbocycles. The number of carbonyl (C=O) groups is 1. The van der Waals surface area contributed by atoms with Crippen molar-refractivity contribution in [3.8, 4) is 6.07 Å². The summed E-state index contributed by atoms with van der Waals surface area (Å²) in [6.45, 7) is 1.62. The second-order valence-corrected chi connectivity index (χ2v) is 3.78. The fourth-order valence-corrected chi connectivity index (χ4v) is 1.65. The summed E-state index contributed by atoms with van der Waals surface area (Å²) in [5.41, 5.74) is 0.604. The molecule has 0 aliphatic heterocycles. The zero-order valence-corrected chi connectivity index (χ0v) is 8.97. The summed E-state index contributed by atoms with van der Waals surface area (Å²) in [4.78, 5) is 11.8. The second-order valence-electron chi connectivity index (χ2n) is 3.78. The molecule has 0 radical (unpaired) electrons. The molecule has 2 heteroatoms. The zero-order chi connectivity index (χ0) is 11.5. The first-order valence-electron chi connectivity index (χ1n) is 5.15. The summed E-state index contributed by atoms with van der Waals surface area (Å²) in [6, 6.07) is 15.3. The van der Waals surface area contributed by atoms with E-state index >= 15 is 0 Å². The third-order valence-electron chi connectivity index (χ3n) is 2.62. The van der Waals surface area contributed by atoms with E-state index in [-0.39, 0.29) is 5.78 Å². The lowest BCUT2D eigenvalue weighted by Crippen LogP contribution is -2.08. The molecule has 0 fully saturated rings. The molecule has 0 saturated heterocycles. The normalized spacial score (nSPS) is 12.0. The molecule has 0 N–H and O–H groups in total. The van der Waals surface area contributed by atoms with Gasteiger partial charge in [-0.2, -0.15) is 5.26 Å². The lowest BCUT2D eigenvalue weighted by Gasteiger charge is -2.03. The number of hydrogen-bond acceptors (Lipinski definition) is 2. The molecular formula is C14H11NO. The van der Waals surface area contributed by atoms with Gasteiger partial charge in [-0.15, -0.1) is 0 Å². The third-order valence-corrected chi connectivity index (χ3v) is 2.62. The van der Waals surface area contributed by atoms with Crippen LogP contribution >= 0.6 is 0 Å². The first kappa shape index (κ1) is 10.4. The fourth-order valence-electron chi connectivity index (χ4n) is 1.65. The number of hydrogen-bond donors (Lipinski definition) is 0. The van der Waals surface area contributed by atoms with Gasteiger partial charge in [0.05, 0.1) is 6.07 Å². The highest BCUT2D eigenvalue weighted by Gasteiger charge is 2.14. The van der Waals surface area contributed by atoms with Gasteiger partial charge in [-0.25, -0.2) is 0 Å². The molecule has 1 unspecified atom stereocenters. The summed E-state index contributed by atoms with van der Waals surface area (Å²) in [7, 11) is 0. The van der Waals surface area contributed by atoms with Gasteiger partial charge >= 0.3 is 0 Å². The number of nitrogens with zero attached hydrogens (tertiary/aromatic N) is 1. The Labute approximate surface area is 94.1 Å². The van der Waals surface area contributed by atoms with E-state index < -0.39 is 5.92 Å². The van der Waals surface area contributed by atoms with Crippen LogP contribution in [0.1, 0.15) is 17.3 Å². The molecule has 0 bridgehead atoms. The predicted octanol–water partition coefficient (Wildman–Crippen LogP) is 3.18. The van der Waals surface area contributed by atoms with Crippen molar-refractivity contribution in [2.24, 2.45) is 5.92 Å². The highest BCUT2D eigenvalue weighted by molar-refractivity contribution is 6.02. The summed E-state index contributed by atoms with van der Waals surface area (Å²) in [6.07, 6.45) is 0. The number of carbonyl (C=O) groups excluding carboxylic acids is 1. The van der Waals surface area contributed by atoms with E-state index in [0.717, 1.165) is 10.8 Å². The Balaban J connectivity index is 2.48. The Morgan fingerprint density at radius 2 is 1.88 bits per heavy atom. The van der Waals surface area contributed by atoms with E-state index in [2.05, 4.69) is 0 Å². The Morgan fingerprint density at radius 3 is 2.56 bits per heavy atom. The minimum atomic E-state index is -0.582. The van der Waals surface area contributed by atoms with Crippen LogP contribution in [0.15, 0.2) is 42.5 Å². The minimum Gasteiger partial charge on any atom is -0.293 e. The number of nitriles is 1. The molecular weight excluding hydrogens is 198 g/mol. The van der Waals surface area contributed by atoms with Crippen LogP contribution in [0.2, 0.25) is 0 Å². The lowest BCUT2D eigenvalue weighted by atomic mass is 9.98. The van der Waals surface area contributed by atoms with Crippen molar-refractivity contribution in [1.29, 1.82) is 5.26 Å². The van der Waals surface area contributed by atoms with Crippen LogP contribution in [0.5, 0.6) is 0 Å². The van der Waals surface area contributed by atoms with Crippen LogP contribution in [0, 0.1) is 17.2 Å². The molecule has 0 amide bonds. The van der Waals surface area contributed by atoms with Crippen molar-refractivity contribution in [3.05, 3.63) is 48.0 Å². The van der Waals surface area contributed by atoms with Crippen LogP contribution in [0.25, 0.3) is 10.8 Å². The molecule has 16 heavy (non-hydrogen) atoms. The smallest absolute Gasteiger partial charge is 0.179 e. The van der Waals surface area contributed by atoms with E-state index in [1.165, 1.54) is 0 Å². The Hall–Kier alpha value is -2.14. The van der Waals surface area contributed by atoms with Crippen molar-refractivity contribution >= 4 is 16.6 Å². The molecule has 0 saturated carbocycles. The van der Waals surface area contributed by atoms with E-state index in [4.69, 9.17) is 5.26 Å². The Bertz CT molecular complexity index is 581. The van der Waals surface area contributed by atoms with E-state index in [1.807, 2.05) is 42.5 Å². The topological polar surface area (TPSA) is 40.9 Å². The molecule has 0 spiro atoms. The molecule has 2 aromatic carbocycles. The van der Waals surface area contributed by atoms with Gasteiger partial charge in [-0.1, -0.05) is 36.4 Å². The predicted molar refractivity (Wildman–Crippen MR) is 63.1 cm³/mol. The molecule has 2 rings (SSSR count). The molecule has 0 aliphatic rings. The van der Waals surface area contributed by atoms with Crippen molar-refractivity contribution in [2.75, 3.05) is 0 Å². The summed E-state index contributed by atoms with van der Waals surface area (Å²) in [5.74, 6) is -0.700. The summed E-state index contributed by atoms with van der Waals surface area (Å²) in [5, 5.41) is 10.8. The molecule has 0 heterocycles. The largest absolute Gasteiger partial charge is 0.293 e. The van der Waals surface area contributed by atoms with Gasteiger partial charge in [-0.05, 0) is 23.8 Å². The number of ketones is 1. The highest BCUT2D eigenvalue weighted by atomic mass is 16.1. The van der Waals surface area contributed by atoms with E-state index in [0.29, 0.717) is 5.56 Å². The van der Waals surface area contributed by atoms with E-state index in [9.17, 15) is 4.79 Å². The number of fused-ring (bicyclic) bond motifs is 1. The third kappa shape index (κ3) is 1.80. The summed E-state index contributed by atoms with van der Waals surface area (Å²) >= 11 is 0. The van der Waals surface area contributed by atoms with Crippen molar-refractivity contribution < 1.29 is 4.79 Å². The number of benzene rings is 2. The van der Waals surface area contributed by atoms with Gasteiger partial charge in [0, 0.05) is 5.56 Å². The van der Waals surface area contributed by atoms with E-state index in [1.54, 1.807) is 13.0 Å². The lowest BCUT2D eigenvalue weighted by molar-refractivity contribution is 0.0956. The molecule has 2 nitrogen and oxygen atoms in total. The fraction of sp³-hybridized carbons (Fsp3) is 0.143. The molecule has 78 valence electrons. The van der Waals surface area contributed by atoms with Gasteiger partial charge in [0.2, 0.25) is 0 Å². The molecule has 2 aromatic rings. The molecule has 0 aromatic heterocycles. The molecule has 1 atom stereocenters. The average molecular weight is 209 g/mol. The Kier molecular flexibility index (Phi) is 2.70. The standard InChI is InChI=1S/C14H11NO/c1-10(9-15)14(16)13-7-6-11-4-2-3-5-12(11)8-13/h2-8,10H,1H3. The van der Waals surface area contributed by atoms with Crippen molar-refractivity contribution in [3.63, 3.8) is 0 Å². The van der Waals surface area contributed by atoms with Crippen LogP contribution in [-0.4, -0.2) is 5.78 Å². The number of rotatable bonds is 2. The summed E-state index contributed by atoms with van der Waals surface area (Å²) < 4.78 is 0. The van der Waals surface area contributed by atoms with Crippen LogP contribution in [0.4, 0.5) is 0 Å².